The largest absolute Gasteiger partial charge is 0.481 e. The summed E-state index contributed by atoms with van der Waals surface area (Å²) in [5.41, 5.74) is 0. The summed E-state index contributed by atoms with van der Waals surface area (Å²) in [6, 6.07) is 0. The van der Waals surface area contributed by atoms with Crippen molar-refractivity contribution in [3.63, 3.8) is 0 Å². The van der Waals surface area contributed by atoms with Crippen LogP contribution >= 0.6 is 0 Å². The van der Waals surface area contributed by atoms with Gasteiger partial charge in [0, 0.05) is 13.0 Å². The van der Waals surface area contributed by atoms with Crippen LogP contribution in [0, 0.1) is 11.8 Å². The molecular formula is C6H10O3. The molecule has 1 aliphatic carbocycles. The van der Waals surface area contributed by atoms with Crippen molar-refractivity contribution in [2.75, 3.05) is 6.61 Å². The maximum atomic E-state index is 10.0. The van der Waals surface area contributed by atoms with Crippen molar-refractivity contribution < 1.29 is 15.0 Å². The lowest BCUT2D eigenvalue weighted by atomic mass is 10.2. The minimum atomic E-state index is -0.754. The number of rotatable bonds is 3. The smallest absolute Gasteiger partial charge is 0.303 e. The zero-order valence-electron chi connectivity index (χ0n) is 5.08. The fraction of sp³-hybridized carbons (Fsp3) is 0.833. The molecule has 52 valence electrons. The predicted molar refractivity (Wildman–Crippen MR) is 30.9 cm³/mol. The van der Waals surface area contributed by atoms with Crippen LogP contribution in [-0.2, 0) is 4.79 Å². The minimum absolute atomic E-state index is 0.151. The highest BCUT2D eigenvalue weighted by atomic mass is 16.4. The second kappa shape index (κ2) is 2.35. The first-order valence-corrected chi connectivity index (χ1v) is 3.06. The SMILES string of the molecule is O=C(O)C[C@@H]1C[C@H]1CO. The Kier molecular flexibility index (Phi) is 1.71. The highest BCUT2D eigenvalue weighted by molar-refractivity contribution is 5.67. The van der Waals surface area contributed by atoms with E-state index in [1.54, 1.807) is 0 Å². The van der Waals surface area contributed by atoms with Gasteiger partial charge in [0.05, 0.1) is 0 Å². The summed E-state index contributed by atoms with van der Waals surface area (Å²) in [5, 5.41) is 16.8. The molecule has 2 N–H and O–H groups in total. The average Bonchev–Trinajstić information content (AvgIpc) is 2.45. The molecule has 0 spiro atoms. The van der Waals surface area contributed by atoms with E-state index in [-0.39, 0.29) is 24.9 Å². The van der Waals surface area contributed by atoms with E-state index in [0.717, 1.165) is 6.42 Å². The van der Waals surface area contributed by atoms with E-state index in [0.29, 0.717) is 0 Å². The highest BCUT2D eigenvalue weighted by Gasteiger charge is 2.37. The van der Waals surface area contributed by atoms with Crippen molar-refractivity contribution in [2.45, 2.75) is 12.8 Å². The van der Waals surface area contributed by atoms with Crippen molar-refractivity contribution in [3.05, 3.63) is 0 Å². The van der Waals surface area contributed by atoms with Gasteiger partial charge < -0.3 is 10.2 Å². The fourth-order valence-corrected chi connectivity index (χ4v) is 1.01. The van der Waals surface area contributed by atoms with Crippen molar-refractivity contribution in [3.8, 4) is 0 Å². The lowest BCUT2D eigenvalue weighted by molar-refractivity contribution is -0.137. The van der Waals surface area contributed by atoms with E-state index < -0.39 is 5.97 Å². The van der Waals surface area contributed by atoms with Crippen LogP contribution in [0.4, 0.5) is 0 Å². The molecule has 1 rings (SSSR count). The van der Waals surface area contributed by atoms with Crippen LogP contribution < -0.4 is 0 Å². The summed E-state index contributed by atoms with van der Waals surface area (Å²) in [4.78, 5) is 10.0. The standard InChI is InChI=1S/C6H10O3/c7-3-5-1-4(5)2-6(8)9/h4-5,7H,1-3H2,(H,8,9)/t4-,5-/m0/s1. The third-order valence-electron chi connectivity index (χ3n) is 1.74. The zero-order valence-corrected chi connectivity index (χ0v) is 5.08. The Hall–Kier alpha value is -0.570. The Balaban J connectivity index is 2.12. The maximum absolute atomic E-state index is 10.0. The quantitative estimate of drug-likeness (QED) is 0.569. The third kappa shape index (κ3) is 1.68. The molecule has 0 amide bonds. The Morgan fingerprint density at radius 1 is 1.56 bits per heavy atom. The normalized spacial score (nSPS) is 32.1. The van der Waals surface area contributed by atoms with Crippen molar-refractivity contribution in [1.29, 1.82) is 0 Å². The first-order valence-electron chi connectivity index (χ1n) is 3.06. The lowest BCUT2D eigenvalue weighted by Crippen LogP contribution is -1.98. The number of aliphatic carboxylic acids is 1. The van der Waals surface area contributed by atoms with Crippen molar-refractivity contribution in [2.24, 2.45) is 11.8 Å². The number of hydrogen-bond donors (Lipinski definition) is 2. The second-order valence-corrected chi connectivity index (χ2v) is 2.54. The van der Waals surface area contributed by atoms with Gasteiger partial charge in [-0.05, 0) is 18.3 Å². The van der Waals surface area contributed by atoms with Gasteiger partial charge in [0.25, 0.3) is 0 Å². The van der Waals surface area contributed by atoms with Crippen LogP contribution in [0.2, 0.25) is 0 Å². The first-order chi connectivity index (χ1) is 4.24. The van der Waals surface area contributed by atoms with Crippen molar-refractivity contribution in [1.82, 2.24) is 0 Å². The number of hydrogen-bond acceptors (Lipinski definition) is 2. The molecular weight excluding hydrogens is 120 g/mol. The third-order valence-corrected chi connectivity index (χ3v) is 1.74. The van der Waals surface area contributed by atoms with E-state index in [1.165, 1.54) is 0 Å². The lowest BCUT2D eigenvalue weighted by Gasteiger charge is -1.88. The van der Waals surface area contributed by atoms with Crippen LogP contribution in [0.3, 0.4) is 0 Å². The molecule has 1 aliphatic rings. The maximum Gasteiger partial charge on any atom is 0.303 e. The summed E-state index contributed by atoms with van der Waals surface area (Å²) >= 11 is 0. The first kappa shape index (κ1) is 6.55. The molecule has 2 atom stereocenters. The number of aliphatic hydroxyl groups excluding tert-OH is 1. The monoisotopic (exact) mass is 130 g/mol. The second-order valence-electron chi connectivity index (χ2n) is 2.54. The predicted octanol–water partition coefficient (Wildman–Crippen LogP) is 0.0895. The molecule has 0 aromatic heterocycles. The van der Waals surface area contributed by atoms with Gasteiger partial charge in [-0.25, -0.2) is 0 Å². The summed E-state index contributed by atoms with van der Waals surface area (Å²) in [5.74, 6) is -0.218. The van der Waals surface area contributed by atoms with E-state index in [9.17, 15) is 4.79 Å². The summed E-state index contributed by atoms with van der Waals surface area (Å²) < 4.78 is 0. The molecule has 0 unspecified atom stereocenters. The molecule has 0 saturated heterocycles. The van der Waals surface area contributed by atoms with E-state index >= 15 is 0 Å². The van der Waals surface area contributed by atoms with Crippen LogP contribution in [0.5, 0.6) is 0 Å². The van der Waals surface area contributed by atoms with Gasteiger partial charge in [-0.1, -0.05) is 0 Å². The Bertz CT molecular complexity index is 121. The molecule has 1 fully saturated rings. The van der Waals surface area contributed by atoms with Crippen LogP contribution in [0.1, 0.15) is 12.8 Å². The van der Waals surface area contributed by atoms with Crippen LogP contribution in [0.15, 0.2) is 0 Å². The summed E-state index contributed by atoms with van der Waals surface area (Å²) in [7, 11) is 0. The van der Waals surface area contributed by atoms with E-state index in [4.69, 9.17) is 10.2 Å². The van der Waals surface area contributed by atoms with Crippen molar-refractivity contribution >= 4 is 5.97 Å². The molecule has 0 aliphatic heterocycles. The Morgan fingerprint density at radius 2 is 2.22 bits per heavy atom. The molecule has 0 radical (unpaired) electrons. The molecule has 0 heterocycles. The molecule has 3 heteroatoms. The average molecular weight is 130 g/mol. The minimum Gasteiger partial charge on any atom is -0.481 e. The summed E-state index contributed by atoms with van der Waals surface area (Å²) in [6.45, 7) is 0.151. The van der Waals surface area contributed by atoms with Crippen LogP contribution in [-0.4, -0.2) is 22.8 Å². The molecule has 9 heavy (non-hydrogen) atoms. The van der Waals surface area contributed by atoms with Gasteiger partial charge in [0.15, 0.2) is 0 Å². The van der Waals surface area contributed by atoms with Gasteiger partial charge in [-0.2, -0.15) is 0 Å². The van der Waals surface area contributed by atoms with Gasteiger partial charge in [-0.15, -0.1) is 0 Å². The molecule has 1 saturated carbocycles. The Morgan fingerprint density at radius 3 is 2.56 bits per heavy atom. The number of aliphatic hydroxyl groups is 1. The summed E-state index contributed by atoms with van der Waals surface area (Å²) in [6.07, 6.45) is 1.12. The van der Waals surface area contributed by atoms with Gasteiger partial charge >= 0.3 is 5.97 Å². The molecule has 3 nitrogen and oxygen atoms in total. The number of carboxylic acid groups (broad SMARTS) is 1. The van der Waals surface area contributed by atoms with Gasteiger partial charge in [0.1, 0.15) is 0 Å². The highest BCUT2D eigenvalue weighted by Crippen LogP contribution is 2.40. The topological polar surface area (TPSA) is 57.5 Å². The van der Waals surface area contributed by atoms with E-state index in [1.807, 2.05) is 0 Å². The zero-order chi connectivity index (χ0) is 6.85. The van der Waals surface area contributed by atoms with E-state index in [2.05, 4.69) is 0 Å². The molecule has 0 bridgehead atoms. The molecule has 0 aromatic carbocycles. The Labute approximate surface area is 53.3 Å². The van der Waals surface area contributed by atoms with Gasteiger partial charge in [0.2, 0.25) is 0 Å². The number of carbonyl (C=O) groups is 1. The van der Waals surface area contributed by atoms with Crippen LogP contribution in [0.25, 0.3) is 0 Å². The molecule has 0 aromatic rings. The number of carboxylic acids is 1. The fourth-order valence-electron chi connectivity index (χ4n) is 1.01. The van der Waals surface area contributed by atoms with Gasteiger partial charge in [-0.3, -0.25) is 4.79 Å².